The van der Waals surface area contributed by atoms with Gasteiger partial charge in [-0.3, -0.25) is 9.69 Å². The number of aromatic nitrogens is 1. The summed E-state index contributed by atoms with van der Waals surface area (Å²) in [4.78, 5) is 17.1. The Morgan fingerprint density at radius 2 is 2.44 bits per heavy atom. The Bertz CT molecular complexity index is 380. The van der Waals surface area contributed by atoms with Crippen molar-refractivity contribution in [3.05, 3.63) is 29.0 Å². The number of hydrogen-bond donors (Lipinski definition) is 0. The molecular weight excluding hydrogens is 228 g/mol. The van der Waals surface area contributed by atoms with Gasteiger partial charge in [-0.2, -0.15) is 0 Å². The van der Waals surface area contributed by atoms with Crippen LogP contribution < -0.4 is 0 Å². The summed E-state index contributed by atoms with van der Waals surface area (Å²) in [5, 5.41) is 0.491. The number of rotatable bonds is 3. The van der Waals surface area contributed by atoms with Gasteiger partial charge in [0.05, 0.1) is 12.5 Å². The number of cyclic esters (lactones) is 1. The molecule has 1 saturated heterocycles. The van der Waals surface area contributed by atoms with E-state index in [1.807, 2.05) is 13.1 Å². The molecule has 2 heterocycles. The monoisotopic (exact) mass is 240 g/mol. The fourth-order valence-electron chi connectivity index (χ4n) is 1.70. The van der Waals surface area contributed by atoms with Crippen LogP contribution in [0.2, 0.25) is 5.15 Å². The summed E-state index contributed by atoms with van der Waals surface area (Å²) in [6.07, 6.45) is 2.22. The maximum Gasteiger partial charge on any atom is 0.307 e. The Morgan fingerprint density at radius 1 is 1.62 bits per heavy atom. The Morgan fingerprint density at radius 3 is 3.00 bits per heavy atom. The number of nitrogens with zero attached hydrogens (tertiary/aromatic N) is 2. The molecule has 0 amide bonds. The minimum atomic E-state index is -0.119. The molecule has 1 unspecified atom stereocenters. The van der Waals surface area contributed by atoms with Crippen LogP contribution in [0.25, 0.3) is 0 Å². The van der Waals surface area contributed by atoms with Crippen molar-refractivity contribution in [2.45, 2.75) is 19.0 Å². The molecule has 4 nitrogen and oxygen atoms in total. The molecule has 1 aromatic heterocycles. The standard InChI is InChI=1S/C11H13ClN2O2/c1-14(9-4-11(15)16-7-9)6-8-2-3-10(12)13-5-8/h2-3,5,9H,4,6-7H2,1H3. The van der Waals surface area contributed by atoms with Gasteiger partial charge >= 0.3 is 5.97 Å². The van der Waals surface area contributed by atoms with E-state index in [4.69, 9.17) is 16.3 Å². The highest BCUT2D eigenvalue weighted by molar-refractivity contribution is 6.29. The summed E-state index contributed by atoms with van der Waals surface area (Å²) in [7, 11) is 1.97. The Kier molecular flexibility index (Phi) is 3.41. The largest absolute Gasteiger partial charge is 0.464 e. The number of ether oxygens (including phenoxy) is 1. The molecule has 0 bridgehead atoms. The van der Waals surface area contributed by atoms with Gasteiger partial charge in [-0.05, 0) is 18.7 Å². The predicted molar refractivity (Wildman–Crippen MR) is 60.1 cm³/mol. The van der Waals surface area contributed by atoms with Crippen molar-refractivity contribution in [1.82, 2.24) is 9.88 Å². The third-order valence-corrected chi connectivity index (χ3v) is 2.91. The highest BCUT2D eigenvalue weighted by atomic mass is 35.5. The molecule has 0 aliphatic carbocycles. The molecule has 1 aliphatic rings. The lowest BCUT2D eigenvalue weighted by Crippen LogP contribution is -2.31. The summed E-state index contributed by atoms with van der Waals surface area (Å²) in [6, 6.07) is 3.87. The van der Waals surface area contributed by atoms with Gasteiger partial charge in [-0.25, -0.2) is 4.98 Å². The molecule has 0 N–H and O–H groups in total. The first-order valence-corrected chi connectivity index (χ1v) is 5.49. The number of carbonyl (C=O) groups is 1. The number of hydrogen-bond acceptors (Lipinski definition) is 4. The highest BCUT2D eigenvalue weighted by Crippen LogP contribution is 2.15. The van der Waals surface area contributed by atoms with Crippen LogP contribution in [0.1, 0.15) is 12.0 Å². The maximum atomic E-state index is 11.0. The van der Waals surface area contributed by atoms with Crippen molar-refractivity contribution >= 4 is 17.6 Å². The van der Waals surface area contributed by atoms with Gasteiger partial charge in [0, 0.05) is 12.7 Å². The van der Waals surface area contributed by atoms with Crippen molar-refractivity contribution in [2.75, 3.05) is 13.7 Å². The molecule has 1 aliphatic heterocycles. The molecule has 0 aromatic carbocycles. The van der Waals surface area contributed by atoms with Crippen molar-refractivity contribution in [3.8, 4) is 0 Å². The van der Waals surface area contributed by atoms with Crippen molar-refractivity contribution < 1.29 is 9.53 Å². The van der Waals surface area contributed by atoms with E-state index in [1.165, 1.54) is 0 Å². The maximum absolute atomic E-state index is 11.0. The third-order valence-electron chi connectivity index (χ3n) is 2.68. The van der Waals surface area contributed by atoms with E-state index in [0.29, 0.717) is 18.2 Å². The molecule has 16 heavy (non-hydrogen) atoms. The second-order valence-corrected chi connectivity index (χ2v) is 4.33. The van der Waals surface area contributed by atoms with E-state index in [-0.39, 0.29) is 12.0 Å². The lowest BCUT2D eigenvalue weighted by Gasteiger charge is -2.21. The molecule has 1 atom stereocenters. The summed E-state index contributed by atoms with van der Waals surface area (Å²) < 4.78 is 4.93. The van der Waals surface area contributed by atoms with E-state index in [2.05, 4.69) is 9.88 Å². The van der Waals surface area contributed by atoms with E-state index in [0.717, 1.165) is 12.1 Å². The van der Waals surface area contributed by atoms with E-state index in [9.17, 15) is 4.79 Å². The zero-order chi connectivity index (χ0) is 11.5. The van der Waals surface area contributed by atoms with Crippen LogP contribution in [0.4, 0.5) is 0 Å². The zero-order valence-electron chi connectivity index (χ0n) is 9.02. The fraction of sp³-hybridized carbons (Fsp3) is 0.455. The molecule has 1 fully saturated rings. The Hall–Kier alpha value is -1.13. The molecule has 0 radical (unpaired) electrons. The van der Waals surface area contributed by atoms with Crippen LogP contribution in [-0.4, -0.2) is 35.5 Å². The molecule has 2 rings (SSSR count). The van der Waals surface area contributed by atoms with Crippen LogP contribution in [0, 0.1) is 0 Å². The molecule has 5 heteroatoms. The van der Waals surface area contributed by atoms with Gasteiger partial charge in [0.25, 0.3) is 0 Å². The topological polar surface area (TPSA) is 42.4 Å². The number of likely N-dealkylation sites (N-methyl/N-ethyl adjacent to an activating group) is 1. The van der Waals surface area contributed by atoms with Gasteiger partial charge in [0.15, 0.2) is 0 Å². The SMILES string of the molecule is CN(Cc1ccc(Cl)nc1)C1COC(=O)C1. The van der Waals surface area contributed by atoms with Crippen LogP contribution in [0.15, 0.2) is 18.3 Å². The normalized spacial score (nSPS) is 20.2. The van der Waals surface area contributed by atoms with Gasteiger partial charge in [-0.1, -0.05) is 17.7 Å². The number of pyridine rings is 1. The van der Waals surface area contributed by atoms with Gasteiger partial charge in [0.1, 0.15) is 11.8 Å². The van der Waals surface area contributed by atoms with Crippen LogP contribution >= 0.6 is 11.6 Å². The Balaban J connectivity index is 1.94. The molecule has 0 spiro atoms. The lowest BCUT2D eigenvalue weighted by molar-refractivity contribution is -0.137. The number of halogens is 1. The molecule has 0 saturated carbocycles. The number of esters is 1. The second-order valence-electron chi connectivity index (χ2n) is 3.95. The van der Waals surface area contributed by atoms with Crippen molar-refractivity contribution in [2.24, 2.45) is 0 Å². The summed E-state index contributed by atoms with van der Waals surface area (Å²) >= 11 is 5.71. The third kappa shape index (κ3) is 2.71. The van der Waals surface area contributed by atoms with E-state index in [1.54, 1.807) is 12.3 Å². The van der Waals surface area contributed by atoms with Crippen molar-refractivity contribution in [1.29, 1.82) is 0 Å². The average molecular weight is 241 g/mol. The predicted octanol–water partition coefficient (Wildman–Crippen LogP) is 1.48. The van der Waals surface area contributed by atoms with Gasteiger partial charge < -0.3 is 4.74 Å². The zero-order valence-corrected chi connectivity index (χ0v) is 9.78. The summed E-state index contributed by atoms with van der Waals surface area (Å²) in [5.74, 6) is -0.119. The summed E-state index contributed by atoms with van der Waals surface area (Å²) in [5.41, 5.74) is 1.08. The minimum absolute atomic E-state index is 0.119. The van der Waals surface area contributed by atoms with Crippen molar-refractivity contribution in [3.63, 3.8) is 0 Å². The first-order chi connectivity index (χ1) is 7.65. The average Bonchev–Trinajstić information content (AvgIpc) is 2.68. The highest BCUT2D eigenvalue weighted by Gasteiger charge is 2.26. The lowest BCUT2D eigenvalue weighted by atomic mass is 10.2. The minimum Gasteiger partial charge on any atom is -0.464 e. The van der Waals surface area contributed by atoms with E-state index < -0.39 is 0 Å². The van der Waals surface area contributed by atoms with E-state index >= 15 is 0 Å². The second kappa shape index (κ2) is 4.80. The molecule has 1 aromatic rings. The summed E-state index contributed by atoms with van der Waals surface area (Å²) in [6.45, 7) is 1.22. The number of carbonyl (C=O) groups excluding carboxylic acids is 1. The smallest absolute Gasteiger partial charge is 0.307 e. The fourth-order valence-corrected chi connectivity index (χ4v) is 1.81. The molecule has 86 valence electrons. The first kappa shape index (κ1) is 11.4. The van der Waals surface area contributed by atoms with Crippen LogP contribution in [0.3, 0.4) is 0 Å². The Labute approximate surface area is 99.2 Å². The van der Waals surface area contributed by atoms with Crippen LogP contribution in [-0.2, 0) is 16.1 Å². The van der Waals surface area contributed by atoms with Gasteiger partial charge in [-0.15, -0.1) is 0 Å². The van der Waals surface area contributed by atoms with Crippen LogP contribution in [0.5, 0.6) is 0 Å². The quantitative estimate of drug-likeness (QED) is 0.593. The molecular formula is C11H13ClN2O2. The first-order valence-electron chi connectivity index (χ1n) is 5.11. The van der Waals surface area contributed by atoms with Gasteiger partial charge in [0.2, 0.25) is 0 Å².